The van der Waals surface area contributed by atoms with Gasteiger partial charge in [-0.15, -0.1) is 0 Å². The third-order valence-corrected chi connectivity index (χ3v) is 4.06. The van der Waals surface area contributed by atoms with Crippen molar-refractivity contribution in [1.82, 2.24) is 9.88 Å². The zero-order valence-corrected chi connectivity index (χ0v) is 13.2. The average Bonchev–Trinajstić information content (AvgIpc) is 2.83. The molecule has 0 atom stereocenters. The van der Waals surface area contributed by atoms with E-state index >= 15 is 0 Å². The molecule has 0 saturated heterocycles. The fourth-order valence-electron chi connectivity index (χ4n) is 1.97. The lowest BCUT2D eigenvalue weighted by molar-refractivity contribution is -0.121. The fraction of sp³-hybridized carbons (Fsp3) is 0.333. The van der Waals surface area contributed by atoms with Crippen LogP contribution in [-0.2, 0) is 17.9 Å². The first kappa shape index (κ1) is 17.1. The number of thiazole rings is 1. The van der Waals surface area contributed by atoms with E-state index in [4.69, 9.17) is 0 Å². The quantitative estimate of drug-likeness (QED) is 0.841. The molecule has 124 valence electrons. The summed E-state index contributed by atoms with van der Waals surface area (Å²) in [5.74, 6) is -0.113. The van der Waals surface area contributed by atoms with Crippen molar-refractivity contribution < 1.29 is 18.3 Å². The van der Waals surface area contributed by atoms with Crippen molar-refractivity contribution in [3.63, 3.8) is 0 Å². The maximum Gasteiger partial charge on any atom is 0.387 e. The number of halogens is 2. The molecular weight excluding hydrogens is 326 g/mol. The minimum Gasteiger partial charge on any atom is -0.435 e. The van der Waals surface area contributed by atoms with Crippen LogP contribution in [0.1, 0.15) is 17.7 Å². The lowest BCUT2D eigenvalue weighted by atomic mass is 10.2. The molecule has 1 aromatic heterocycles. The maximum atomic E-state index is 12.0. The van der Waals surface area contributed by atoms with Crippen LogP contribution in [0.3, 0.4) is 0 Å². The molecular formula is C15H16F2N2O3S. The Hall–Kier alpha value is -2.22. The van der Waals surface area contributed by atoms with E-state index in [-0.39, 0.29) is 29.5 Å². The van der Waals surface area contributed by atoms with Crippen molar-refractivity contribution in [3.8, 4) is 5.75 Å². The highest BCUT2D eigenvalue weighted by Gasteiger charge is 2.07. The summed E-state index contributed by atoms with van der Waals surface area (Å²) in [5.41, 5.74) is 1.60. The van der Waals surface area contributed by atoms with Gasteiger partial charge >= 0.3 is 11.5 Å². The Morgan fingerprint density at radius 2 is 2.04 bits per heavy atom. The van der Waals surface area contributed by atoms with E-state index in [2.05, 4.69) is 10.1 Å². The molecule has 0 aliphatic heterocycles. The molecule has 1 amide bonds. The van der Waals surface area contributed by atoms with Crippen LogP contribution in [0.2, 0.25) is 0 Å². The first-order valence-corrected chi connectivity index (χ1v) is 7.79. The maximum absolute atomic E-state index is 12.0. The summed E-state index contributed by atoms with van der Waals surface area (Å²) in [6, 6.07) is 6.04. The number of aryl methyl sites for hydroxylation is 1. The number of amides is 1. The van der Waals surface area contributed by atoms with Crippen LogP contribution >= 0.6 is 11.3 Å². The molecule has 8 heteroatoms. The molecule has 0 spiro atoms. The predicted molar refractivity (Wildman–Crippen MR) is 82.9 cm³/mol. The normalized spacial score (nSPS) is 10.8. The second-order valence-electron chi connectivity index (χ2n) is 4.84. The Bertz CT molecular complexity index is 710. The third kappa shape index (κ3) is 5.17. The highest BCUT2D eigenvalue weighted by atomic mass is 32.1. The largest absolute Gasteiger partial charge is 0.435 e. The Balaban J connectivity index is 1.79. The first-order valence-electron chi connectivity index (χ1n) is 6.91. The van der Waals surface area contributed by atoms with Crippen LogP contribution < -0.4 is 14.9 Å². The van der Waals surface area contributed by atoms with Gasteiger partial charge < -0.3 is 14.6 Å². The number of aromatic nitrogens is 1. The van der Waals surface area contributed by atoms with Gasteiger partial charge in [0.2, 0.25) is 5.91 Å². The summed E-state index contributed by atoms with van der Waals surface area (Å²) < 4.78 is 29.9. The Labute approximate surface area is 135 Å². The number of nitrogens with zero attached hydrogens (tertiary/aromatic N) is 1. The molecule has 23 heavy (non-hydrogen) atoms. The highest BCUT2D eigenvalue weighted by Crippen LogP contribution is 2.14. The molecule has 0 aliphatic rings. The summed E-state index contributed by atoms with van der Waals surface area (Å²) in [5, 5.41) is 4.47. The number of carbonyl (C=O) groups is 1. The number of rotatable bonds is 7. The number of carbonyl (C=O) groups excluding carboxylic acids is 1. The molecule has 1 N–H and O–H groups in total. The van der Waals surface area contributed by atoms with Gasteiger partial charge in [0.15, 0.2) is 0 Å². The second-order valence-corrected chi connectivity index (χ2v) is 5.66. The molecule has 5 nitrogen and oxygen atoms in total. The van der Waals surface area contributed by atoms with E-state index in [1.165, 1.54) is 12.1 Å². The molecule has 1 heterocycles. The molecule has 1 aromatic carbocycles. The van der Waals surface area contributed by atoms with Gasteiger partial charge in [-0.25, -0.2) is 0 Å². The molecule has 0 aliphatic carbocycles. The van der Waals surface area contributed by atoms with E-state index in [0.29, 0.717) is 6.54 Å². The van der Waals surface area contributed by atoms with E-state index in [1.54, 1.807) is 22.1 Å². The number of nitrogens with one attached hydrogen (secondary N) is 1. The summed E-state index contributed by atoms with van der Waals surface area (Å²) in [7, 11) is 0. The average molecular weight is 342 g/mol. The summed E-state index contributed by atoms with van der Waals surface area (Å²) in [4.78, 5) is 23.2. The molecule has 0 bridgehead atoms. The van der Waals surface area contributed by atoms with Gasteiger partial charge in [0.25, 0.3) is 0 Å². The standard InChI is InChI=1S/C15H16F2N2O3S/c1-10-9-23-15(21)19(10)7-6-13(20)18-8-11-2-4-12(5-3-11)22-14(16)17/h2-5,9,14H,6-8H2,1H3,(H,18,20). The molecule has 0 unspecified atom stereocenters. The van der Waals surface area contributed by atoms with E-state index in [1.807, 2.05) is 6.92 Å². The SMILES string of the molecule is Cc1csc(=O)n1CCC(=O)NCc1ccc(OC(F)F)cc1. The smallest absolute Gasteiger partial charge is 0.387 e. The van der Waals surface area contributed by atoms with Gasteiger partial charge in [-0.05, 0) is 24.6 Å². The van der Waals surface area contributed by atoms with Crippen LogP contribution in [0.15, 0.2) is 34.4 Å². The summed E-state index contributed by atoms with van der Waals surface area (Å²) >= 11 is 1.11. The van der Waals surface area contributed by atoms with Gasteiger partial charge in [0.05, 0.1) is 0 Å². The lowest BCUT2D eigenvalue weighted by Crippen LogP contribution is -2.25. The predicted octanol–water partition coefficient (Wildman–Crippen LogP) is 2.53. The topological polar surface area (TPSA) is 60.3 Å². The number of hydrogen-bond acceptors (Lipinski definition) is 4. The van der Waals surface area contributed by atoms with Crippen molar-refractivity contribution in [1.29, 1.82) is 0 Å². The van der Waals surface area contributed by atoms with E-state index in [0.717, 1.165) is 22.6 Å². The van der Waals surface area contributed by atoms with Crippen LogP contribution in [0.25, 0.3) is 0 Å². The molecule has 2 aromatic rings. The van der Waals surface area contributed by atoms with Crippen LogP contribution in [0.4, 0.5) is 8.78 Å². The van der Waals surface area contributed by atoms with Crippen molar-refractivity contribution in [2.75, 3.05) is 0 Å². The van der Waals surface area contributed by atoms with Crippen molar-refractivity contribution in [3.05, 3.63) is 50.6 Å². The third-order valence-electron chi connectivity index (χ3n) is 3.18. The monoisotopic (exact) mass is 342 g/mol. The van der Waals surface area contributed by atoms with Gasteiger partial charge in [0, 0.05) is 30.6 Å². The lowest BCUT2D eigenvalue weighted by Gasteiger charge is -2.08. The highest BCUT2D eigenvalue weighted by molar-refractivity contribution is 7.07. The first-order chi connectivity index (χ1) is 11.0. The molecule has 2 rings (SSSR count). The fourth-order valence-corrected chi connectivity index (χ4v) is 2.73. The molecule has 0 saturated carbocycles. The van der Waals surface area contributed by atoms with Gasteiger partial charge in [-0.2, -0.15) is 8.78 Å². The summed E-state index contributed by atoms with van der Waals surface area (Å²) in [6.07, 6.45) is 0.198. The van der Waals surface area contributed by atoms with Crippen molar-refractivity contribution in [2.24, 2.45) is 0 Å². The van der Waals surface area contributed by atoms with Crippen molar-refractivity contribution >= 4 is 17.2 Å². The van der Waals surface area contributed by atoms with Gasteiger partial charge in [-0.1, -0.05) is 23.5 Å². The van der Waals surface area contributed by atoms with Crippen LogP contribution in [0.5, 0.6) is 5.75 Å². The van der Waals surface area contributed by atoms with Crippen LogP contribution in [0, 0.1) is 6.92 Å². The number of ether oxygens (including phenoxy) is 1. The number of benzene rings is 1. The minimum atomic E-state index is -2.86. The zero-order valence-electron chi connectivity index (χ0n) is 12.4. The molecule has 0 radical (unpaired) electrons. The summed E-state index contributed by atoms with van der Waals surface area (Å²) in [6.45, 7) is -0.421. The van der Waals surface area contributed by atoms with E-state index < -0.39 is 6.61 Å². The Morgan fingerprint density at radius 1 is 1.35 bits per heavy atom. The number of alkyl halides is 2. The van der Waals surface area contributed by atoms with Gasteiger partial charge in [0.1, 0.15) is 5.75 Å². The van der Waals surface area contributed by atoms with Crippen LogP contribution in [-0.4, -0.2) is 17.1 Å². The van der Waals surface area contributed by atoms with E-state index in [9.17, 15) is 18.4 Å². The Kier molecular flexibility index (Phi) is 5.86. The molecule has 0 fully saturated rings. The zero-order chi connectivity index (χ0) is 16.8. The minimum absolute atomic E-state index is 0.0717. The van der Waals surface area contributed by atoms with Crippen molar-refractivity contribution in [2.45, 2.75) is 33.0 Å². The number of hydrogen-bond donors (Lipinski definition) is 1. The second kappa shape index (κ2) is 7.87. The Morgan fingerprint density at radius 3 is 2.61 bits per heavy atom. The van der Waals surface area contributed by atoms with Gasteiger partial charge in [-0.3, -0.25) is 9.59 Å².